The van der Waals surface area contributed by atoms with Gasteiger partial charge in [-0.2, -0.15) is 0 Å². The van der Waals surface area contributed by atoms with Gasteiger partial charge in [0.15, 0.2) is 0 Å². The quantitative estimate of drug-likeness (QED) is 0.857. The lowest BCUT2D eigenvalue weighted by molar-refractivity contribution is 0.0776. The molecule has 0 aliphatic carbocycles. The lowest BCUT2D eigenvalue weighted by Gasteiger charge is -2.22. The fourth-order valence-corrected chi connectivity index (χ4v) is 3.64. The van der Waals surface area contributed by atoms with Gasteiger partial charge in [0.25, 0.3) is 5.91 Å². The molecule has 4 rings (SSSR count). The van der Waals surface area contributed by atoms with Crippen LogP contribution in [0.3, 0.4) is 0 Å². The molecule has 6 heteroatoms. The number of carbonyl (C=O) groups excluding carboxylic acids is 1. The van der Waals surface area contributed by atoms with E-state index in [1.807, 2.05) is 35.2 Å². The number of halogens is 2. The van der Waals surface area contributed by atoms with E-state index < -0.39 is 0 Å². The molecule has 1 atom stereocenters. The van der Waals surface area contributed by atoms with Crippen LogP contribution in [0.2, 0.25) is 0 Å². The molecule has 1 amide bonds. The molecule has 2 fully saturated rings. The summed E-state index contributed by atoms with van der Waals surface area (Å²) in [6.07, 6.45) is 4.10. The fraction of sp³-hybridized carbons (Fsp3) is 0.412. The van der Waals surface area contributed by atoms with E-state index in [0.29, 0.717) is 5.41 Å². The standard InChI is InChI=1S/C17H19N3O.2ClH/c21-16(20-9-6-17(12-20)5-8-18-11-17)14-3-4-15-13(10-14)2-1-7-19-15;;/h1-4,7,10,18H,5-6,8-9,11-12H2;2*1H. The van der Waals surface area contributed by atoms with Gasteiger partial charge in [-0.25, -0.2) is 0 Å². The maximum atomic E-state index is 12.7. The van der Waals surface area contributed by atoms with Crippen LogP contribution in [0.1, 0.15) is 23.2 Å². The number of nitrogens with one attached hydrogen (secondary N) is 1. The van der Waals surface area contributed by atoms with Crippen molar-refractivity contribution >= 4 is 41.6 Å². The molecule has 2 aromatic rings. The number of carbonyl (C=O) groups is 1. The van der Waals surface area contributed by atoms with Crippen LogP contribution >= 0.6 is 24.8 Å². The van der Waals surface area contributed by atoms with Gasteiger partial charge in [0.05, 0.1) is 5.52 Å². The Balaban J connectivity index is 0.000000960. The molecule has 4 nitrogen and oxygen atoms in total. The van der Waals surface area contributed by atoms with E-state index in [4.69, 9.17) is 0 Å². The van der Waals surface area contributed by atoms with E-state index >= 15 is 0 Å². The van der Waals surface area contributed by atoms with Crippen molar-refractivity contribution in [2.24, 2.45) is 5.41 Å². The third-order valence-electron chi connectivity index (χ3n) is 4.91. The Bertz CT molecular complexity index is 701. The third kappa shape index (κ3) is 3.30. The van der Waals surface area contributed by atoms with E-state index in [9.17, 15) is 4.79 Å². The van der Waals surface area contributed by atoms with Crippen molar-refractivity contribution in [3.63, 3.8) is 0 Å². The number of amides is 1. The molecule has 1 aromatic heterocycles. The first-order valence-corrected chi connectivity index (χ1v) is 7.61. The van der Waals surface area contributed by atoms with Gasteiger partial charge in [-0.05, 0) is 43.7 Å². The van der Waals surface area contributed by atoms with Gasteiger partial charge in [0.1, 0.15) is 0 Å². The number of benzene rings is 1. The summed E-state index contributed by atoms with van der Waals surface area (Å²) in [5.41, 5.74) is 2.04. The monoisotopic (exact) mass is 353 g/mol. The number of aromatic nitrogens is 1. The van der Waals surface area contributed by atoms with Crippen LogP contribution in [0.5, 0.6) is 0 Å². The highest BCUT2D eigenvalue weighted by Crippen LogP contribution is 2.36. The minimum Gasteiger partial charge on any atom is -0.338 e. The summed E-state index contributed by atoms with van der Waals surface area (Å²) in [6, 6.07) is 9.71. The Morgan fingerprint density at radius 1 is 1.22 bits per heavy atom. The summed E-state index contributed by atoms with van der Waals surface area (Å²) < 4.78 is 0. The highest BCUT2D eigenvalue weighted by atomic mass is 35.5. The molecule has 0 radical (unpaired) electrons. The van der Waals surface area contributed by atoms with Gasteiger partial charge in [0, 0.05) is 42.2 Å². The van der Waals surface area contributed by atoms with E-state index in [-0.39, 0.29) is 30.7 Å². The van der Waals surface area contributed by atoms with Gasteiger partial charge >= 0.3 is 0 Å². The number of fused-ring (bicyclic) bond motifs is 1. The molecule has 2 saturated heterocycles. The van der Waals surface area contributed by atoms with Crippen molar-refractivity contribution in [3.05, 3.63) is 42.1 Å². The first-order chi connectivity index (χ1) is 10.3. The molecule has 1 aromatic carbocycles. The normalized spacial score (nSPS) is 22.9. The zero-order valence-corrected chi connectivity index (χ0v) is 14.5. The first-order valence-electron chi connectivity index (χ1n) is 7.61. The second kappa shape index (κ2) is 7.04. The molecular weight excluding hydrogens is 333 g/mol. The highest BCUT2D eigenvalue weighted by molar-refractivity contribution is 5.98. The van der Waals surface area contributed by atoms with E-state index in [2.05, 4.69) is 10.3 Å². The van der Waals surface area contributed by atoms with Crippen LogP contribution in [0, 0.1) is 5.41 Å². The smallest absolute Gasteiger partial charge is 0.253 e. The minimum atomic E-state index is 0. The predicted octanol–water partition coefficient (Wildman–Crippen LogP) is 2.90. The van der Waals surface area contributed by atoms with Crippen molar-refractivity contribution in [1.82, 2.24) is 15.2 Å². The van der Waals surface area contributed by atoms with Gasteiger partial charge in [-0.3, -0.25) is 9.78 Å². The van der Waals surface area contributed by atoms with Crippen LogP contribution in [0.25, 0.3) is 10.9 Å². The topological polar surface area (TPSA) is 45.2 Å². The zero-order valence-electron chi connectivity index (χ0n) is 12.8. The fourth-order valence-electron chi connectivity index (χ4n) is 3.64. The molecule has 0 saturated carbocycles. The Hall–Kier alpha value is -1.36. The van der Waals surface area contributed by atoms with Crippen LogP contribution in [-0.2, 0) is 0 Å². The van der Waals surface area contributed by atoms with Crippen molar-refractivity contribution in [2.75, 3.05) is 26.2 Å². The lowest BCUT2D eigenvalue weighted by Crippen LogP contribution is -2.33. The van der Waals surface area contributed by atoms with E-state index in [0.717, 1.165) is 49.1 Å². The summed E-state index contributed by atoms with van der Waals surface area (Å²) in [7, 11) is 0. The Labute approximate surface area is 148 Å². The van der Waals surface area contributed by atoms with Crippen molar-refractivity contribution in [1.29, 1.82) is 0 Å². The molecule has 23 heavy (non-hydrogen) atoms. The molecule has 0 bridgehead atoms. The molecule has 1 N–H and O–H groups in total. The molecule has 1 unspecified atom stereocenters. The predicted molar refractivity (Wildman–Crippen MR) is 96.7 cm³/mol. The van der Waals surface area contributed by atoms with Gasteiger partial charge < -0.3 is 10.2 Å². The van der Waals surface area contributed by atoms with Crippen molar-refractivity contribution < 1.29 is 4.79 Å². The SMILES string of the molecule is Cl.Cl.O=C(c1ccc2ncccc2c1)N1CCC2(CCNC2)C1. The number of pyridine rings is 1. The van der Waals surface area contributed by atoms with Crippen molar-refractivity contribution in [3.8, 4) is 0 Å². The third-order valence-corrected chi connectivity index (χ3v) is 4.91. The molecular formula is C17H21Cl2N3O. The molecule has 2 aliphatic rings. The van der Waals surface area contributed by atoms with E-state index in [1.54, 1.807) is 6.20 Å². The second-order valence-electron chi connectivity index (χ2n) is 6.31. The van der Waals surface area contributed by atoms with Gasteiger partial charge in [-0.15, -0.1) is 24.8 Å². The van der Waals surface area contributed by atoms with Gasteiger partial charge in [0.2, 0.25) is 0 Å². The van der Waals surface area contributed by atoms with Crippen LogP contribution in [0.4, 0.5) is 0 Å². The number of hydrogen-bond acceptors (Lipinski definition) is 3. The van der Waals surface area contributed by atoms with Crippen LogP contribution < -0.4 is 5.32 Å². The van der Waals surface area contributed by atoms with Crippen LogP contribution in [0.15, 0.2) is 36.5 Å². The number of hydrogen-bond donors (Lipinski definition) is 1. The lowest BCUT2D eigenvalue weighted by atomic mass is 9.86. The minimum absolute atomic E-state index is 0. The van der Waals surface area contributed by atoms with Crippen molar-refractivity contribution in [2.45, 2.75) is 12.8 Å². The average Bonchev–Trinajstić information content (AvgIpc) is 3.17. The summed E-state index contributed by atoms with van der Waals surface area (Å²) >= 11 is 0. The molecule has 3 heterocycles. The first kappa shape index (κ1) is 18.0. The van der Waals surface area contributed by atoms with Crippen LogP contribution in [-0.4, -0.2) is 42.0 Å². The van der Waals surface area contributed by atoms with E-state index in [1.165, 1.54) is 6.42 Å². The Morgan fingerprint density at radius 2 is 2.09 bits per heavy atom. The maximum Gasteiger partial charge on any atom is 0.253 e. The maximum absolute atomic E-state index is 12.7. The van der Waals surface area contributed by atoms with Gasteiger partial charge in [-0.1, -0.05) is 6.07 Å². The number of likely N-dealkylation sites (tertiary alicyclic amines) is 1. The Kier molecular flexibility index (Phi) is 5.50. The largest absolute Gasteiger partial charge is 0.338 e. The molecule has 124 valence electrons. The summed E-state index contributed by atoms with van der Waals surface area (Å²) in [6.45, 7) is 3.91. The number of rotatable bonds is 1. The molecule has 1 spiro atoms. The molecule has 2 aliphatic heterocycles. The number of nitrogens with zero attached hydrogens (tertiary/aromatic N) is 2. The zero-order chi connectivity index (χ0) is 14.3. The highest BCUT2D eigenvalue weighted by Gasteiger charge is 2.41. The summed E-state index contributed by atoms with van der Waals surface area (Å²) in [4.78, 5) is 19.0. The summed E-state index contributed by atoms with van der Waals surface area (Å²) in [5, 5.41) is 4.46. The average molecular weight is 354 g/mol. The summed E-state index contributed by atoms with van der Waals surface area (Å²) in [5.74, 6) is 0.157. The second-order valence-corrected chi connectivity index (χ2v) is 6.31. The Morgan fingerprint density at radius 3 is 2.87 bits per heavy atom.